The van der Waals surface area contributed by atoms with Gasteiger partial charge in [-0.05, 0) is 63.5 Å². The second kappa shape index (κ2) is 13.0. The van der Waals surface area contributed by atoms with Gasteiger partial charge in [0, 0.05) is 17.3 Å². The number of carbonyl (C=O) groups excluding carboxylic acids is 2. The molecule has 0 fully saturated rings. The summed E-state index contributed by atoms with van der Waals surface area (Å²) in [5.41, 5.74) is 4.09. The lowest BCUT2D eigenvalue weighted by atomic mass is 10.2. The molecule has 35 heavy (non-hydrogen) atoms. The predicted molar refractivity (Wildman–Crippen MR) is 139 cm³/mol. The Labute approximate surface area is 219 Å². The van der Waals surface area contributed by atoms with Crippen LogP contribution < -0.4 is 20.2 Å². The highest BCUT2D eigenvalue weighted by Gasteiger charge is 2.12. The Morgan fingerprint density at radius 3 is 2.46 bits per heavy atom. The molecule has 0 bridgehead atoms. The second-order valence-corrected chi connectivity index (χ2v) is 9.04. The van der Waals surface area contributed by atoms with Gasteiger partial charge < -0.3 is 14.8 Å². The molecule has 0 radical (unpaired) electrons. The molecule has 2 N–H and O–H groups in total. The number of methoxy groups -OCH3 is 1. The molecule has 0 saturated heterocycles. The zero-order valence-corrected chi connectivity index (χ0v) is 21.9. The Kier molecular flexibility index (Phi) is 9.80. The minimum atomic E-state index is -0.541. The minimum Gasteiger partial charge on any atom is -0.493 e. The molecule has 0 unspecified atom stereocenters. The van der Waals surface area contributed by atoms with Crippen LogP contribution in [0, 0.1) is 5.82 Å². The maximum atomic E-state index is 13.6. The van der Waals surface area contributed by atoms with Crippen molar-refractivity contribution in [3.63, 3.8) is 0 Å². The molecular weight excluding hydrogens is 585 g/mol. The number of nitrogens with zero attached hydrogens (tertiary/aromatic N) is 1. The van der Waals surface area contributed by atoms with E-state index in [0.717, 1.165) is 10.0 Å². The number of ether oxygens (including phenoxy) is 2. The first-order valence-electron chi connectivity index (χ1n) is 10.5. The Morgan fingerprint density at radius 2 is 1.74 bits per heavy atom. The number of rotatable bonds is 10. The first-order valence-corrected chi connectivity index (χ1v) is 12.1. The molecule has 0 aliphatic rings. The van der Waals surface area contributed by atoms with E-state index in [1.54, 1.807) is 18.2 Å². The number of amides is 2. The van der Waals surface area contributed by atoms with Crippen LogP contribution in [-0.2, 0) is 16.2 Å². The number of hydrazone groups is 1. The number of nitrogens with one attached hydrogen (secondary N) is 2. The fraction of sp³-hybridized carbons (Fsp3) is 0.160. The largest absolute Gasteiger partial charge is 0.493 e. The van der Waals surface area contributed by atoms with Gasteiger partial charge in [-0.2, -0.15) is 5.10 Å². The third-order valence-corrected chi connectivity index (χ3v) is 5.80. The monoisotopic (exact) mass is 605 g/mol. The second-order valence-electron chi connectivity index (χ2n) is 7.27. The van der Waals surface area contributed by atoms with Gasteiger partial charge in [-0.15, -0.1) is 0 Å². The Hall–Kier alpha value is -3.24. The van der Waals surface area contributed by atoms with Crippen LogP contribution in [0.1, 0.15) is 24.0 Å². The van der Waals surface area contributed by atoms with Gasteiger partial charge in [0.15, 0.2) is 11.5 Å². The zero-order valence-electron chi connectivity index (χ0n) is 18.7. The summed E-state index contributed by atoms with van der Waals surface area (Å²) in [4.78, 5) is 23.9. The highest BCUT2D eigenvalue weighted by molar-refractivity contribution is 9.10. The van der Waals surface area contributed by atoms with Crippen molar-refractivity contribution in [2.45, 2.75) is 19.4 Å². The zero-order chi connectivity index (χ0) is 25.2. The van der Waals surface area contributed by atoms with E-state index >= 15 is 0 Å². The highest BCUT2D eigenvalue weighted by Crippen LogP contribution is 2.37. The van der Waals surface area contributed by atoms with E-state index < -0.39 is 17.6 Å². The molecule has 0 aromatic heterocycles. The number of para-hydroxylation sites is 1. The number of hydrogen-bond donors (Lipinski definition) is 2. The van der Waals surface area contributed by atoms with Gasteiger partial charge in [-0.1, -0.05) is 40.2 Å². The van der Waals surface area contributed by atoms with E-state index in [1.165, 1.54) is 31.5 Å². The van der Waals surface area contributed by atoms with Crippen LogP contribution in [0.2, 0.25) is 0 Å². The molecule has 10 heteroatoms. The maximum Gasteiger partial charge on any atom is 0.240 e. The molecule has 7 nitrogen and oxygen atoms in total. The van der Waals surface area contributed by atoms with Gasteiger partial charge in [0.1, 0.15) is 12.4 Å². The normalized spacial score (nSPS) is 10.7. The average molecular weight is 607 g/mol. The summed E-state index contributed by atoms with van der Waals surface area (Å²) in [6.45, 7) is 0.357. The lowest BCUT2D eigenvalue weighted by molar-refractivity contribution is -0.124. The number of halogens is 3. The Morgan fingerprint density at radius 1 is 1.03 bits per heavy atom. The van der Waals surface area contributed by atoms with Crippen molar-refractivity contribution in [2.75, 3.05) is 12.4 Å². The SMILES string of the molecule is COc1cc(C=NNC(=O)CCC(=O)Nc2ccccc2F)cc(Br)c1OCc1ccc(Br)cc1. The van der Waals surface area contributed by atoms with Gasteiger partial charge in [0.2, 0.25) is 11.8 Å². The Bertz CT molecular complexity index is 1220. The van der Waals surface area contributed by atoms with Crippen LogP contribution in [0.25, 0.3) is 0 Å². The van der Waals surface area contributed by atoms with Crippen molar-refractivity contribution in [2.24, 2.45) is 5.10 Å². The fourth-order valence-electron chi connectivity index (χ4n) is 2.93. The van der Waals surface area contributed by atoms with Gasteiger partial charge >= 0.3 is 0 Å². The van der Waals surface area contributed by atoms with Crippen molar-refractivity contribution in [1.29, 1.82) is 0 Å². The summed E-state index contributed by atoms with van der Waals surface area (Å²) in [6, 6.07) is 17.1. The average Bonchev–Trinajstić information content (AvgIpc) is 2.84. The van der Waals surface area contributed by atoms with E-state index in [9.17, 15) is 14.0 Å². The third-order valence-electron chi connectivity index (χ3n) is 4.68. The smallest absolute Gasteiger partial charge is 0.240 e. The molecule has 0 atom stereocenters. The molecule has 182 valence electrons. The molecule has 3 rings (SSSR count). The molecular formula is C25H22Br2FN3O4. The van der Waals surface area contributed by atoms with Crippen molar-refractivity contribution in [3.05, 3.63) is 86.6 Å². The van der Waals surface area contributed by atoms with Crippen LogP contribution >= 0.6 is 31.9 Å². The Balaban J connectivity index is 1.52. The summed E-state index contributed by atoms with van der Waals surface area (Å²) in [5.74, 6) is -0.431. The standard InChI is InChI=1S/C25H22Br2FN3O4/c1-34-22-13-17(12-19(27)25(22)35-15-16-6-8-18(26)9-7-16)14-29-31-24(33)11-10-23(32)30-21-5-3-2-4-20(21)28/h2-9,12-14H,10-11,15H2,1H3,(H,30,32)(H,31,33). The molecule has 0 saturated carbocycles. The fourth-order valence-corrected chi connectivity index (χ4v) is 3.77. The maximum absolute atomic E-state index is 13.6. The minimum absolute atomic E-state index is 0.0692. The van der Waals surface area contributed by atoms with E-state index in [0.29, 0.717) is 28.1 Å². The van der Waals surface area contributed by atoms with Crippen LogP contribution in [0.5, 0.6) is 11.5 Å². The summed E-state index contributed by atoms with van der Waals surface area (Å²) in [5, 5.41) is 6.36. The number of anilines is 1. The molecule has 0 spiro atoms. The predicted octanol–water partition coefficient (Wildman–Crippen LogP) is 5.81. The number of carbonyl (C=O) groups is 2. The first kappa shape index (κ1) is 26.4. The lowest BCUT2D eigenvalue weighted by Gasteiger charge is -2.13. The summed E-state index contributed by atoms with van der Waals surface area (Å²) in [6.07, 6.45) is 1.23. The van der Waals surface area contributed by atoms with E-state index in [2.05, 4.69) is 47.7 Å². The van der Waals surface area contributed by atoms with E-state index in [4.69, 9.17) is 9.47 Å². The quantitative estimate of drug-likeness (QED) is 0.225. The first-order chi connectivity index (χ1) is 16.9. The van der Waals surface area contributed by atoms with Crippen molar-refractivity contribution < 1.29 is 23.5 Å². The van der Waals surface area contributed by atoms with Crippen molar-refractivity contribution >= 4 is 55.6 Å². The van der Waals surface area contributed by atoms with Crippen molar-refractivity contribution in [1.82, 2.24) is 5.43 Å². The molecule has 3 aromatic carbocycles. The van der Waals surface area contributed by atoms with Gasteiger partial charge in [0.05, 0.1) is 23.5 Å². The van der Waals surface area contributed by atoms with E-state index in [-0.39, 0.29) is 18.5 Å². The summed E-state index contributed by atoms with van der Waals surface area (Å²) in [7, 11) is 1.53. The van der Waals surface area contributed by atoms with Crippen LogP contribution in [0.15, 0.2) is 74.7 Å². The third kappa shape index (κ3) is 8.18. The van der Waals surface area contributed by atoms with Gasteiger partial charge in [-0.3, -0.25) is 9.59 Å². The van der Waals surface area contributed by atoms with Crippen LogP contribution in [0.3, 0.4) is 0 Å². The lowest BCUT2D eigenvalue weighted by Crippen LogP contribution is -2.21. The molecule has 0 heterocycles. The summed E-state index contributed by atoms with van der Waals surface area (Å²) < 4.78 is 26.6. The summed E-state index contributed by atoms with van der Waals surface area (Å²) >= 11 is 6.89. The number of hydrogen-bond acceptors (Lipinski definition) is 5. The van der Waals surface area contributed by atoms with Crippen LogP contribution in [-0.4, -0.2) is 25.1 Å². The van der Waals surface area contributed by atoms with Gasteiger partial charge in [0.25, 0.3) is 0 Å². The number of benzene rings is 3. The highest BCUT2D eigenvalue weighted by atomic mass is 79.9. The van der Waals surface area contributed by atoms with Crippen molar-refractivity contribution in [3.8, 4) is 11.5 Å². The van der Waals surface area contributed by atoms with Crippen LogP contribution in [0.4, 0.5) is 10.1 Å². The molecule has 2 amide bonds. The van der Waals surface area contributed by atoms with E-state index in [1.807, 2.05) is 24.3 Å². The van der Waals surface area contributed by atoms with Gasteiger partial charge in [-0.25, -0.2) is 9.82 Å². The molecule has 0 aliphatic carbocycles. The molecule has 0 aliphatic heterocycles. The molecule has 3 aromatic rings. The topological polar surface area (TPSA) is 89.0 Å².